The van der Waals surface area contributed by atoms with Gasteiger partial charge in [0.15, 0.2) is 0 Å². The van der Waals surface area contributed by atoms with Gasteiger partial charge < -0.3 is 10.6 Å². The number of rotatable bonds is 7. The summed E-state index contributed by atoms with van der Waals surface area (Å²) in [5.41, 5.74) is 0.743. The molecule has 0 saturated carbocycles. The monoisotopic (exact) mass is 548 g/mol. The van der Waals surface area contributed by atoms with Crippen molar-refractivity contribution in [3.8, 4) is 5.69 Å². The average molecular weight is 549 g/mol. The predicted molar refractivity (Wildman–Crippen MR) is 140 cm³/mol. The number of aromatic nitrogens is 1. The van der Waals surface area contributed by atoms with Gasteiger partial charge in [-0.25, -0.2) is 8.42 Å². The molecule has 2 amide bonds. The van der Waals surface area contributed by atoms with Gasteiger partial charge in [-0.2, -0.15) is 4.31 Å². The zero-order valence-corrected chi connectivity index (χ0v) is 21.9. The quantitative estimate of drug-likeness (QED) is 0.470. The highest BCUT2D eigenvalue weighted by Crippen LogP contribution is 2.23. The molecule has 3 aromatic rings. The van der Waals surface area contributed by atoms with Crippen molar-refractivity contribution in [1.29, 1.82) is 0 Å². The van der Waals surface area contributed by atoms with Crippen LogP contribution in [0, 0.1) is 0 Å². The smallest absolute Gasteiger partial charge is 0.261 e. The number of hydrogen-bond acceptors (Lipinski definition) is 6. The van der Waals surface area contributed by atoms with E-state index in [0.29, 0.717) is 20.5 Å². The minimum absolute atomic E-state index is 0.0277. The zero-order valence-electron chi connectivity index (χ0n) is 19.5. The summed E-state index contributed by atoms with van der Waals surface area (Å²) >= 11 is 7.05. The molecule has 0 spiro atoms. The topological polar surface area (TPSA) is 118 Å². The van der Waals surface area contributed by atoms with Crippen LogP contribution in [0.5, 0.6) is 0 Å². The van der Waals surface area contributed by atoms with Gasteiger partial charge in [-0.1, -0.05) is 17.7 Å². The summed E-state index contributed by atoms with van der Waals surface area (Å²) in [6, 6.07) is 13.2. The Hall–Kier alpha value is -2.99. The van der Waals surface area contributed by atoms with E-state index in [0.717, 1.165) is 11.3 Å². The molecule has 3 heterocycles. The SMILES string of the molecule is CC(C)S(=O)(=O)N1C[C@H](NC(=O)c2ccc(-n3ccccc3=O)cc2)[C@H](NC(=O)c2ccc(Cl)s2)C1. The largest absolute Gasteiger partial charge is 0.346 e. The van der Waals surface area contributed by atoms with Gasteiger partial charge in [0.25, 0.3) is 17.4 Å². The van der Waals surface area contributed by atoms with Crippen molar-refractivity contribution >= 4 is 44.8 Å². The fourth-order valence-electron chi connectivity index (χ4n) is 3.91. The number of carbonyl (C=O) groups excluding carboxylic acids is 2. The second kappa shape index (κ2) is 10.6. The summed E-state index contributed by atoms with van der Waals surface area (Å²) in [5, 5.41) is 5.07. The lowest BCUT2D eigenvalue weighted by atomic mass is 10.1. The molecule has 2 atom stereocenters. The summed E-state index contributed by atoms with van der Waals surface area (Å²) in [5.74, 6) is -0.813. The second-order valence-corrected chi connectivity index (χ2v) is 12.8. The van der Waals surface area contributed by atoms with Crippen molar-refractivity contribution in [3.63, 3.8) is 0 Å². The molecule has 2 aromatic heterocycles. The maximum absolute atomic E-state index is 13.0. The fraction of sp³-hybridized carbons (Fsp3) is 0.292. The van der Waals surface area contributed by atoms with E-state index in [2.05, 4.69) is 10.6 Å². The first-order valence-electron chi connectivity index (χ1n) is 11.2. The van der Waals surface area contributed by atoms with Crippen LogP contribution in [0.2, 0.25) is 4.34 Å². The molecule has 0 bridgehead atoms. The third-order valence-corrected chi connectivity index (χ3v) is 9.34. The second-order valence-electron chi connectivity index (χ2n) is 8.63. The summed E-state index contributed by atoms with van der Waals surface area (Å²) in [7, 11) is -3.60. The number of hydrogen-bond donors (Lipinski definition) is 2. The molecular weight excluding hydrogens is 524 g/mol. The molecule has 9 nitrogen and oxygen atoms in total. The Morgan fingerprint density at radius 3 is 2.17 bits per heavy atom. The molecule has 12 heteroatoms. The first-order valence-corrected chi connectivity index (χ1v) is 13.9. The molecular formula is C24H25ClN4O5S2. The Labute approximate surface area is 217 Å². The lowest BCUT2D eigenvalue weighted by Gasteiger charge is -2.21. The van der Waals surface area contributed by atoms with Crippen molar-refractivity contribution in [2.24, 2.45) is 0 Å². The molecule has 1 aliphatic heterocycles. The summed E-state index contributed by atoms with van der Waals surface area (Å²) < 4.78 is 28.8. The van der Waals surface area contributed by atoms with Gasteiger partial charge in [-0.3, -0.25) is 19.0 Å². The highest BCUT2D eigenvalue weighted by molar-refractivity contribution is 7.89. The third kappa shape index (κ3) is 5.54. The number of nitrogens with one attached hydrogen (secondary N) is 2. The van der Waals surface area contributed by atoms with E-state index >= 15 is 0 Å². The number of nitrogens with zero attached hydrogens (tertiary/aromatic N) is 2. The van der Waals surface area contributed by atoms with E-state index in [1.165, 1.54) is 14.9 Å². The van der Waals surface area contributed by atoms with E-state index in [-0.39, 0.29) is 18.6 Å². The minimum atomic E-state index is -3.60. The maximum Gasteiger partial charge on any atom is 0.261 e. The van der Waals surface area contributed by atoms with Crippen LogP contribution in [-0.2, 0) is 10.0 Å². The van der Waals surface area contributed by atoms with Crippen molar-refractivity contribution in [2.75, 3.05) is 13.1 Å². The van der Waals surface area contributed by atoms with E-state index in [9.17, 15) is 22.8 Å². The standard InChI is InChI=1S/C24H25ClN4O5S2/c1-15(2)36(33,34)28-13-18(19(14-28)27-24(32)20-10-11-21(25)35-20)26-23(31)16-6-8-17(9-7-16)29-12-4-3-5-22(29)30/h3-12,15,18-19H,13-14H2,1-2H3,(H,26,31)(H,27,32)/t18-,19+/m0/s1. The van der Waals surface area contributed by atoms with E-state index in [4.69, 9.17) is 11.6 Å². The van der Waals surface area contributed by atoms with Crippen molar-refractivity contribution in [3.05, 3.63) is 85.9 Å². The molecule has 36 heavy (non-hydrogen) atoms. The Kier molecular flexibility index (Phi) is 7.65. The molecule has 0 aliphatic carbocycles. The van der Waals surface area contributed by atoms with Crippen LogP contribution in [0.15, 0.2) is 65.6 Å². The molecule has 1 aliphatic rings. The molecule has 1 aromatic carbocycles. The summed E-state index contributed by atoms with van der Waals surface area (Å²) in [6.45, 7) is 3.23. The van der Waals surface area contributed by atoms with E-state index < -0.39 is 39.2 Å². The lowest BCUT2D eigenvalue weighted by Crippen LogP contribution is -2.50. The van der Waals surface area contributed by atoms with Gasteiger partial charge in [0.1, 0.15) is 0 Å². The number of thiophene rings is 1. The fourth-order valence-corrected chi connectivity index (χ4v) is 6.19. The first-order chi connectivity index (χ1) is 17.1. The van der Waals surface area contributed by atoms with E-state index in [1.807, 2.05) is 0 Å². The number of sulfonamides is 1. The zero-order chi connectivity index (χ0) is 26.0. The van der Waals surface area contributed by atoms with Gasteiger partial charge in [0, 0.05) is 36.6 Å². The molecule has 0 unspecified atom stereocenters. The number of pyridine rings is 1. The maximum atomic E-state index is 13.0. The predicted octanol–water partition coefficient (Wildman–Crippen LogP) is 2.50. The Morgan fingerprint density at radius 1 is 0.972 bits per heavy atom. The average Bonchev–Trinajstić information content (AvgIpc) is 3.46. The number of halogens is 1. The number of amides is 2. The van der Waals surface area contributed by atoms with Crippen LogP contribution < -0.4 is 16.2 Å². The lowest BCUT2D eigenvalue weighted by molar-refractivity contribution is 0.0898. The Bertz CT molecular complexity index is 1430. The number of carbonyl (C=O) groups is 2. The third-order valence-electron chi connectivity index (χ3n) is 5.90. The molecule has 2 N–H and O–H groups in total. The first kappa shape index (κ1) is 26.1. The molecule has 190 valence electrons. The van der Waals surface area contributed by atoms with Gasteiger partial charge in [0.2, 0.25) is 10.0 Å². The van der Waals surface area contributed by atoms with E-state index in [1.54, 1.807) is 68.6 Å². The van der Waals surface area contributed by atoms with Crippen LogP contribution in [-0.4, -0.2) is 59.5 Å². The van der Waals surface area contributed by atoms with Crippen molar-refractivity contribution in [1.82, 2.24) is 19.5 Å². The highest BCUT2D eigenvalue weighted by atomic mass is 35.5. The normalized spacial score (nSPS) is 18.3. The summed E-state index contributed by atoms with van der Waals surface area (Å²) in [6.07, 6.45) is 1.63. The van der Waals surface area contributed by atoms with Gasteiger partial charge in [-0.15, -0.1) is 11.3 Å². The number of benzene rings is 1. The molecule has 1 saturated heterocycles. The minimum Gasteiger partial charge on any atom is -0.346 e. The van der Waals surface area contributed by atoms with Crippen LogP contribution in [0.4, 0.5) is 0 Å². The van der Waals surface area contributed by atoms with Gasteiger partial charge in [0.05, 0.1) is 26.5 Å². The van der Waals surface area contributed by atoms with Gasteiger partial charge in [-0.05, 0) is 56.3 Å². The van der Waals surface area contributed by atoms with Crippen LogP contribution >= 0.6 is 22.9 Å². The van der Waals surface area contributed by atoms with Gasteiger partial charge >= 0.3 is 0 Å². The Balaban J connectivity index is 1.52. The summed E-state index contributed by atoms with van der Waals surface area (Å²) in [4.78, 5) is 38.2. The van der Waals surface area contributed by atoms with Crippen LogP contribution in [0.3, 0.4) is 0 Å². The molecule has 0 radical (unpaired) electrons. The Morgan fingerprint density at radius 2 is 1.61 bits per heavy atom. The van der Waals surface area contributed by atoms with Crippen LogP contribution in [0.1, 0.15) is 33.9 Å². The van der Waals surface area contributed by atoms with Crippen molar-refractivity contribution in [2.45, 2.75) is 31.2 Å². The molecule has 4 rings (SSSR count). The molecule has 1 fully saturated rings. The van der Waals surface area contributed by atoms with Crippen LogP contribution in [0.25, 0.3) is 5.69 Å². The van der Waals surface area contributed by atoms with Crippen molar-refractivity contribution < 1.29 is 18.0 Å². The highest BCUT2D eigenvalue weighted by Gasteiger charge is 2.41.